The molecule has 1 aromatic rings. The molecule has 0 spiro atoms. The van der Waals surface area contributed by atoms with Crippen LogP contribution < -0.4 is 0 Å². The largest absolute Gasteiger partial charge is 0.418 e. The first-order valence-corrected chi connectivity index (χ1v) is 4.24. The second kappa shape index (κ2) is 3.54. The van der Waals surface area contributed by atoms with Crippen LogP contribution in [0.4, 0.5) is 13.2 Å². The van der Waals surface area contributed by atoms with Crippen molar-refractivity contribution in [1.29, 1.82) is 5.26 Å². The van der Waals surface area contributed by atoms with Crippen LogP contribution >= 0.6 is 0 Å². The predicted molar refractivity (Wildman–Crippen MR) is 48.2 cm³/mol. The Hall–Kier alpha value is -1.57. The molecule has 2 nitrogen and oxygen atoms in total. The van der Waals surface area contributed by atoms with Gasteiger partial charge in [0.2, 0.25) is 0 Å². The lowest BCUT2D eigenvalue weighted by Gasteiger charge is -2.14. The summed E-state index contributed by atoms with van der Waals surface area (Å²) in [6.45, 7) is 4.23. The SMILES string of the molecule is Cc1nc(C)c(C#N)c(C(F)(F)F)c1C. The minimum absolute atomic E-state index is 0.0182. The molecular formula is C10H9F3N2. The minimum Gasteiger partial charge on any atom is -0.257 e. The summed E-state index contributed by atoms with van der Waals surface area (Å²) < 4.78 is 38.0. The molecule has 0 aliphatic carbocycles. The van der Waals surface area contributed by atoms with Crippen LogP contribution in [-0.4, -0.2) is 4.98 Å². The third kappa shape index (κ3) is 1.94. The number of aromatic nitrogens is 1. The van der Waals surface area contributed by atoms with Crippen molar-refractivity contribution in [3.05, 3.63) is 28.1 Å². The van der Waals surface area contributed by atoms with Gasteiger partial charge in [0.15, 0.2) is 0 Å². The number of nitriles is 1. The summed E-state index contributed by atoms with van der Waals surface area (Å²) >= 11 is 0. The van der Waals surface area contributed by atoms with Crippen molar-refractivity contribution in [3.8, 4) is 6.07 Å². The number of halogens is 3. The summed E-state index contributed by atoms with van der Waals surface area (Å²) in [4.78, 5) is 3.90. The maximum atomic E-state index is 12.7. The molecule has 0 aromatic carbocycles. The predicted octanol–water partition coefficient (Wildman–Crippen LogP) is 2.90. The fourth-order valence-corrected chi connectivity index (χ4v) is 1.43. The highest BCUT2D eigenvalue weighted by Crippen LogP contribution is 2.35. The van der Waals surface area contributed by atoms with Crippen LogP contribution in [0.1, 0.15) is 28.1 Å². The third-order valence-electron chi connectivity index (χ3n) is 2.26. The highest BCUT2D eigenvalue weighted by molar-refractivity contribution is 5.48. The molecule has 0 saturated carbocycles. The first kappa shape index (κ1) is 11.5. The van der Waals surface area contributed by atoms with Gasteiger partial charge in [0.1, 0.15) is 6.07 Å². The minimum atomic E-state index is -4.51. The molecule has 0 bridgehead atoms. The second-order valence-corrected chi connectivity index (χ2v) is 3.27. The van der Waals surface area contributed by atoms with E-state index in [1.807, 2.05) is 0 Å². The molecule has 1 rings (SSSR count). The molecule has 1 heterocycles. The molecule has 0 unspecified atom stereocenters. The fourth-order valence-electron chi connectivity index (χ4n) is 1.43. The molecule has 80 valence electrons. The number of nitrogens with zero attached hydrogens (tertiary/aromatic N) is 2. The van der Waals surface area contributed by atoms with Gasteiger partial charge >= 0.3 is 6.18 Å². The molecule has 15 heavy (non-hydrogen) atoms. The number of hydrogen-bond donors (Lipinski definition) is 0. The van der Waals surface area contributed by atoms with Gasteiger partial charge in [-0.1, -0.05) is 0 Å². The van der Waals surface area contributed by atoms with E-state index in [-0.39, 0.29) is 16.8 Å². The first-order chi connectivity index (χ1) is 6.79. The molecule has 5 heteroatoms. The molecule has 0 saturated heterocycles. The third-order valence-corrected chi connectivity index (χ3v) is 2.26. The van der Waals surface area contributed by atoms with E-state index in [9.17, 15) is 13.2 Å². The zero-order chi connectivity index (χ0) is 11.8. The van der Waals surface area contributed by atoms with Crippen molar-refractivity contribution in [1.82, 2.24) is 4.98 Å². The summed E-state index contributed by atoms with van der Waals surface area (Å²) in [6, 6.07) is 1.56. The van der Waals surface area contributed by atoms with Crippen molar-refractivity contribution >= 4 is 0 Å². The van der Waals surface area contributed by atoms with E-state index in [1.54, 1.807) is 6.07 Å². The zero-order valence-corrected chi connectivity index (χ0v) is 8.53. The Kier molecular flexibility index (Phi) is 2.71. The molecule has 0 aliphatic heterocycles. The van der Waals surface area contributed by atoms with E-state index in [2.05, 4.69) is 4.98 Å². The summed E-state index contributed by atoms with van der Waals surface area (Å²) in [5.74, 6) is 0. The van der Waals surface area contributed by atoms with Crippen molar-refractivity contribution in [3.63, 3.8) is 0 Å². The number of rotatable bonds is 0. The first-order valence-electron chi connectivity index (χ1n) is 4.24. The monoisotopic (exact) mass is 214 g/mol. The Balaban J connectivity index is 3.68. The van der Waals surface area contributed by atoms with E-state index in [1.165, 1.54) is 20.8 Å². The van der Waals surface area contributed by atoms with E-state index in [0.717, 1.165) is 0 Å². The molecule has 0 amide bonds. The number of pyridine rings is 1. The van der Waals surface area contributed by atoms with E-state index < -0.39 is 11.7 Å². The highest BCUT2D eigenvalue weighted by atomic mass is 19.4. The highest BCUT2D eigenvalue weighted by Gasteiger charge is 2.37. The van der Waals surface area contributed by atoms with E-state index in [4.69, 9.17) is 5.26 Å². The van der Waals surface area contributed by atoms with Crippen molar-refractivity contribution in [2.45, 2.75) is 26.9 Å². The average Bonchev–Trinajstić information content (AvgIpc) is 2.08. The van der Waals surface area contributed by atoms with Gasteiger partial charge in [0.05, 0.1) is 16.8 Å². The molecule has 0 aliphatic rings. The Morgan fingerprint density at radius 2 is 1.67 bits per heavy atom. The maximum absolute atomic E-state index is 12.7. The topological polar surface area (TPSA) is 36.7 Å². The standard InChI is InChI=1S/C10H9F3N2/c1-5-6(2)15-7(3)8(4-14)9(5)10(11,12)13/h1-3H3. The van der Waals surface area contributed by atoms with E-state index >= 15 is 0 Å². The number of alkyl halides is 3. The second-order valence-electron chi connectivity index (χ2n) is 3.27. The van der Waals surface area contributed by atoms with Crippen LogP contribution in [0.3, 0.4) is 0 Å². The van der Waals surface area contributed by atoms with Crippen LogP contribution in [0.2, 0.25) is 0 Å². The van der Waals surface area contributed by atoms with Gasteiger partial charge in [-0.25, -0.2) is 0 Å². The molecule has 1 aromatic heterocycles. The molecular weight excluding hydrogens is 205 g/mol. The van der Waals surface area contributed by atoms with Crippen LogP contribution in [-0.2, 0) is 6.18 Å². The van der Waals surface area contributed by atoms with Crippen LogP contribution in [0.25, 0.3) is 0 Å². The lowest BCUT2D eigenvalue weighted by Crippen LogP contribution is -2.14. The van der Waals surface area contributed by atoms with Crippen molar-refractivity contribution in [2.24, 2.45) is 0 Å². The van der Waals surface area contributed by atoms with Crippen molar-refractivity contribution in [2.75, 3.05) is 0 Å². The fraction of sp³-hybridized carbons (Fsp3) is 0.400. The summed E-state index contributed by atoms with van der Waals surface area (Å²) in [5, 5.41) is 8.69. The quantitative estimate of drug-likeness (QED) is 0.665. The van der Waals surface area contributed by atoms with E-state index in [0.29, 0.717) is 5.69 Å². The van der Waals surface area contributed by atoms with Gasteiger partial charge in [-0.2, -0.15) is 18.4 Å². The Bertz CT molecular complexity index is 441. The average molecular weight is 214 g/mol. The lowest BCUT2D eigenvalue weighted by molar-refractivity contribution is -0.138. The molecule has 0 N–H and O–H groups in total. The van der Waals surface area contributed by atoms with Crippen LogP contribution in [0.5, 0.6) is 0 Å². The van der Waals surface area contributed by atoms with Gasteiger partial charge in [-0.05, 0) is 26.3 Å². The van der Waals surface area contributed by atoms with Crippen molar-refractivity contribution < 1.29 is 13.2 Å². The number of aryl methyl sites for hydroxylation is 2. The number of hydrogen-bond acceptors (Lipinski definition) is 2. The normalized spacial score (nSPS) is 11.3. The molecule has 0 radical (unpaired) electrons. The Labute approximate surface area is 85.4 Å². The van der Waals surface area contributed by atoms with Gasteiger partial charge in [-0.3, -0.25) is 4.98 Å². The summed E-state index contributed by atoms with van der Waals surface area (Å²) in [5.41, 5.74) is -0.808. The zero-order valence-electron chi connectivity index (χ0n) is 8.53. The van der Waals surface area contributed by atoms with Gasteiger partial charge in [0.25, 0.3) is 0 Å². The lowest BCUT2D eigenvalue weighted by atomic mass is 10.00. The van der Waals surface area contributed by atoms with Crippen LogP contribution in [0.15, 0.2) is 0 Å². The van der Waals surface area contributed by atoms with Gasteiger partial charge in [0, 0.05) is 5.69 Å². The van der Waals surface area contributed by atoms with Gasteiger partial charge < -0.3 is 0 Å². The summed E-state index contributed by atoms with van der Waals surface area (Å²) in [7, 11) is 0. The van der Waals surface area contributed by atoms with Gasteiger partial charge in [-0.15, -0.1) is 0 Å². The summed E-state index contributed by atoms with van der Waals surface area (Å²) in [6.07, 6.45) is -4.51. The smallest absolute Gasteiger partial charge is 0.257 e. The Morgan fingerprint density at radius 1 is 1.13 bits per heavy atom. The molecule has 0 fully saturated rings. The molecule has 0 atom stereocenters. The Morgan fingerprint density at radius 3 is 2.07 bits per heavy atom. The van der Waals surface area contributed by atoms with Crippen LogP contribution in [0, 0.1) is 32.1 Å². The maximum Gasteiger partial charge on any atom is 0.418 e.